The molecule has 0 saturated heterocycles. The largest absolute Gasteiger partial charge is 0.483 e. The van der Waals surface area contributed by atoms with Gasteiger partial charge in [0.2, 0.25) is 5.91 Å². The number of rotatable bonds is 4. The summed E-state index contributed by atoms with van der Waals surface area (Å²) in [5.74, 6) is 0.607. The van der Waals surface area contributed by atoms with E-state index in [1.165, 1.54) is 0 Å². The van der Waals surface area contributed by atoms with Crippen molar-refractivity contribution in [2.75, 3.05) is 23.4 Å². The Kier molecular flexibility index (Phi) is 4.98. The Morgan fingerprint density at radius 3 is 2.58 bits per heavy atom. The molecule has 0 fully saturated rings. The highest BCUT2D eigenvalue weighted by Gasteiger charge is 2.22. The van der Waals surface area contributed by atoms with Crippen LogP contribution in [0.2, 0.25) is 0 Å². The minimum atomic E-state index is -0.202. The fraction of sp³-hybridized carbons (Fsp3) is 0.333. The summed E-state index contributed by atoms with van der Waals surface area (Å²) in [6.45, 7) is 8.21. The number of amides is 2. The Hall–Kier alpha value is -2.82. The zero-order valence-corrected chi connectivity index (χ0v) is 15.7. The third kappa shape index (κ3) is 3.57. The lowest BCUT2D eigenvalue weighted by Gasteiger charge is -2.15. The van der Waals surface area contributed by atoms with Crippen LogP contribution in [0.15, 0.2) is 30.3 Å². The number of aryl methyl sites for hydroxylation is 2. The molecule has 2 amide bonds. The first-order valence-corrected chi connectivity index (χ1v) is 8.77. The topological polar surface area (TPSA) is 58.6 Å². The van der Waals surface area contributed by atoms with Crippen LogP contribution in [0.1, 0.15) is 29.2 Å². The lowest BCUT2D eigenvalue weighted by molar-refractivity contribution is -0.118. The molecule has 1 aliphatic heterocycles. The molecule has 0 unspecified atom stereocenters. The zero-order valence-electron chi connectivity index (χ0n) is 15.7. The van der Waals surface area contributed by atoms with Crippen molar-refractivity contribution in [3.63, 3.8) is 0 Å². The zero-order chi connectivity index (χ0) is 18.8. The second-order valence-corrected chi connectivity index (χ2v) is 6.75. The van der Waals surface area contributed by atoms with Gasteiger partial charge in [-0.05, 0) is 67.6 Å². The third-order valence-corrected chi connectivity index (χ3v) is 4.86. The number of fused-ring (bicyclic) bond motifs is 1. The van der Waals surface area contributed by atoms with Gasteiger partial charge in [0.25, 0.3) is 5.91 Å². The third-order valence-electron chi connectivity index (χ3n) is 4.86. The van der Waals surface area contributed by atoms with Gasteiger partial charge in [-0.1, -0.05) is 12.1 Å². The van der Waals surface area contributed by atoms with E-state index in [9.17, 15) is 9.59 Å². The minimum Gasteiger partial charge on any atom is -0.483 e. The summed E-state index contributed by atoms with van der Waals surface area (Å²) in [6.07, 6.45) is 0.802. The maximum atomic E-state index is 12.3. The minimum absolute atomic E-state index is 0.0397. The van der Waals surface area contributed by atoms with Crippen LogP contribution in [-0.2, 0) is 16.0 Å². The van der Waals surface area contributed by atoms with Gasteiger partial charge in [0.1, 0.15) is 5.75 Å². The number of carbonyl (C=O) groups is 2. The van der Waals surface area contributed by atoms with E-state index in [2.05, 4.69) is 5.32 Å². The summed E-state index contributed by atoms with van der Waals surface area (Å²) in [4.78, 5) is 25.6. The van der Waals surface area contributed by atoms with E-state index in [0.717, 1.165) is 45.8 Å². The standard InChI is InChI=1S/C21H24N2O3/c1-13-5-6-14(2)21(15(13)3)26-12-20(25)22-18-7-8-19-17(11-18)9-10-23(19)16(4)24/h5-8,11H,9-10,12H2,1-4H3,(H,22,25). The van der Waals surface area contributed by atoms with Crippen molar-refractivity contribution in [1.29, 1.82) is 0 Å². The average molecular weight is 352 g/mol. The Labute approximate surface area is 154 Å². The van der Waals surface area contributed by atoms with Gasteiger partial charge in [0, 0.05) is 24.8 Å². The van der Waals surface area contributed by atoms with Crippen molar-refractivity contribution in [3.8, 4) is 5.75 Å². The predicted molar refractivity (Wildman–Crippen MR) is 103 cm³/mol. The molecule has 5 heteroatoms. The second kappa shape index (κ2) is 7.20. The Balaban J connectivity index is 1.65. The number of nitrogens with zero attached hydrogens (tertiary/aromatic N) is 1. The van der Waals surface area contributed by atoms with Crippen LogP contribution in [-0.4, -0.2) is 25.0 Å². The van der Waals surface area contributed by atoms with Crippen LogP contribution in [0.4, 0.5) is 11.4 Å². The van der Waals surface area contributed by atoms with Gasteiger partial charge in [-0.2, -0.15) is 0 Å². The van der Waals surface area contributed by atoms with Crippen molar-refractivity contribution in [2.24, 2.45) is 0 Å². The smallest absolute Gasteiger partial charge is 0.262 e. The van der Waals surface area contributed by atoms with Crippen LogP contribution in [0.5, 0.6) is 5.75 Å². The van der Waals surface area contributed by atoms with E-state index < -0.39 is 0 Å². The molecule has 1 aliphatic rings. The summed E-state index contributed by atoms with van der Waals surface area (Å²) in [5.41, 5.74) is 5.93. The molecule has 0 atom stereocenters. The molecule has 3 rings (SSSR count). The van der Waals surface area contributed by atoms with Gasteiger partial charge in [0.15, 0.2) is 6.61 Å². The average Bonchev–Trinajstić information content (AvgIpc) is 3.01. The SMILES string of the molecule is CC(=O)N1CCc2cc(NC(=O)COc3c(C)ccc(C)c3C)ccc21. The summed E-state index contributed by atoms with van der Waals surface area (Å²) >= 11 is 0. The van der Waals surface area contributed by atoms with Crippen LogP contribution in [0.3, 0.4) is 0 Å². The number of benzene rings is 2. The Morgan fingerprint density at radius 1 is 1.12 bits per heavy atom. The van der Waals surface area contributed by atoms with E-state index in [4.69, 9.17) is 4.74 Å². The van der Waals surface area contributed by atoms with E-state index in [1.54, 1.807) is 11.8 Å². The number of hydrogen-bond acceptors (Lipinski definition) is 3. The molecule has 0 aliphatic carbocycles. The summed E-state index contributed by atoms with van der Waals surface area (Å²) in [5, 5.41) is 2.87. The van der Waals surface area contributed by atoms with E-state index in [1.807, 2.05) is 51.1 Å². The van der Waals surface area contributed by atoms with Crippen molar-refractivity contribution < 1.29 is 14.3 Å². The highest BCUT2D eigenvalue weighted by atomic mass is 16.5. The lowest BCUT2D eigenvalue weighted by Crippen LogP contribution is -2.25. The van der Waals surface area contributed by atoms with E-state index >= 15 is 0 Å². The monoisotopic (exact) mass is 352 g/mol. The molecule has 26 heavy (non-hydrogen) atoms. The van der Waals surface area contributed by atoms with Crippen molar-refractivity contribution in [3.05, 3.63) is 52.6 Å². The maximum absolute atomic E-state index is 12.3. The van der Waals surface area contributed by atoms with Crippen LogP contribution < -0.4 is 15.0 Å². The second-order valence-electron chi connectivity index (χ2n) is 6.75. The molecular formula is C21H24N2O3. The van der Waals surface area contributed by atoms with Crippen LogP contribution in [0, 0.1) is 20.8 Å². The summed E-state index contributed by atoms with van der Waals surface area (Å²) in [7, 11) is 0. The fourth-order valence-electron chi connectivity index (χ4n) is 3.29. The van der Waals surface area contributed by atoms with Crippen LogP contribution >= 0.6 is 0 Å². The van der Waals surface area contributed by atoms with Gasteiger partial charge < -0.3 is 15.0 Å². The van der Waals surface area contributed by atoms with E-state index in [-0.39, 0.29) is 18.4 Å². The molecule has 0 spiro atoms. The number of anilines is 2. The molecule has 1 heterocycles. The molecular weight excluding hydrogens is 328 g/mol. The highest BCUT2D eigenvalue weighted by Crippen LogP contribution is 2.30. The molecule has 0 aromatic heterocycles. The van der Waals surface area contributed by atoms with Gasteiger partial charge in [-0.25, -0.2) is 0 Å². The first kappa shape index (κ1) is 18.0. The van der Waals surface area contributed by atoms with Crippen LogP contribution in [0.25, 0.3) is 0 Å². The molecule has 2 aromatic carbocycles. The maximum Gasteiger partial charge on any atom is 0.262 e. The molecule has 1 N–H and O–H groups in total. The predicted octanol–water partition coefficient (Wildman–Crippen LogP) is 3.54. The first-order valence-electron chi connectivity index (χ1n) is 8.77. The molecule has 0 bridgehead atoms. The normalized spacial score (nSPS) is 12.7. The van der Waals surface area contributed by atoms with Gasteiger partial charge in [-0.3, -0.25) is 9.59 Å². The molecule has 0 radical (unpaired) electrons. The van der Waals surface area contributed by atoms with Gasteiger partial charge >= 0.3 is 0 Å². The highest BCUT2D eigenvalue weighted by molar-refractivity contribution is 5.96. The molecule has 5 nitrogen and oxygen atoms in total. The lowest BCUT2D eigenvalue weighted by atomic mass is 10.1. The number of nitrogens with one attached hydrogen (secondary N) is 1. The summed E-state index contributed by atoms with van der Waals surface area (Å²) < 4.78 is 5.76. The van der Waals surface area contributed by atoms with Crippen molar-refractivity contribution >= 4 is 23.2 Å². The molecule has 136 valence electrons. The first-order chi connectivity index (χ1) is 12.4. The van der Waals surface area contributed by atoms with Crippen molar-refractivity contribution in [1.82, 2.24) is 0 Å². The van der Waals surface area contributed by atoms with E-state index in [0.29, 0.717) is 6.54 Å². The van der Waals surface area contributed by atoms with Gasteiger partial charge in [0.05, 0.1) is 0 Å². The summed E-state index contributed by atoms with van der Waals surface area (Å²) in [6, 6.07) is 9.68. The number of hydrogen-bond donors (Lipinski definition) is 1. The number of ether oxygens (including phenoxy) is 1. The fourth-order valence-corrected chi connectivity index (χ4v) is 3.29. The number of carbonyl (C=O) groups excluding carboxylic acids is 2. The molecule has 2 aromatic rings. The van der Waals surface area contributed by atoms with Crippen molar-refractivity contribution in [2.45, 2.75) is 34.1 Å². The quantitative estimate of drug-likeness (QED) is 0.916. The Morgan fingerprint density at radius 2 is 1.85 bits per heavy atom. The van der Waals surface area contributed by atoms with Gasteiger partial charge in [-0.15, -0.1) is 0 Å². The molecule has 0 saturated carbocycles. The Bertz CT molecular complexity index is 874.